The molecule has 0 N–H and O–H groups in total. The molecule has 0 saturated carbocycles. The number of likely N-dealkylation sites (N-methyl/N-ethyl adjacent to an activating group) is 1. The fraction of sp³-hybridized carbons (Fsp3) is 0.333. The third kappa shape index (κ3) is 2.69. The zero-order chi connectivity index (χ0) is 15.6. The molecule has 0 aliphatic carbocycles. The van der Waals surface area contributed by atoms with Gasteiger partial charge in [-0.3, -0.25) is 9.69 Å². The van der Waals surface area contributed by atoms with E-state index in [0.717, 1.165) is 0 Å². The number of ether oxygens (including phenoxy) is 3. The first-order valence-electron chi connectivity index (χ1n) is 6.36. The molecule has 0 spiro atoms. The highest BCUT2D eigenvalue weighted by molar-refractivity contribution is 6.13. The van der Waals surface area contributed by atoms with Crippen LogP contribution in [-0.2, 0) is 4.79 Å². The molecule has 1 aromatic carbocycles. The minimum atomic E-state index is -0.149. The molecule has 0 saturated heterocycles. The van der Waals surface area contributed by atoms with E-state index >= 15 is 0 Å². The Balaban J connectivity index is 2.52. The molecule has 1 amide bonds. The van der Waals surface area contributed by atoms with Crippen molar-refractivity contribution in [3.05, 3.63) is 23.4 Å². The summed E-state index contributed by atoms with van der Waals surface area (Å²) in [7, 11) is 6.35. The first-order chi connectivity index (χ1) is 10.0. The van der Waals surface area contributed by atoms with E-state index in [-0.39, 0.29) is 5.91 Å². The lowest BCUT2D eigenvalue weighted by molar-refractivity contribution is -0.121. The number of hydrogen-bond donors (Lipinski definition) is 0. The number of carbonyl (C=O) groups excluding carboxylic acids is 1. The van der Waals surface area contributed by atoms with Crippen molar-refractivity contribution in [2.24, 2.45) is 4.99 Å². The molecule has 1 heterocycles. The third-order valence-electron chi connectivity index (χ3n) is 3.32. The van der Waals surface area contributed by atoms with E-state index in [2.05, 4.69) is 4.99 Å². The molecule has 0 bridgehead atoms. The molecular formula is C15H18N2O4. The quantitative estimate of drug-likeness (QED) is 0.795. The number of methoxy groups -OCH3 is 3. The highest BCUT2D eigenvalue weighted by atomic mass is 16.5. The first-order valence-corrected chi connectivity index (χ1v) is 6.36. The standard InChI is InChI=1S/C15H18N2O4/c1-9-16-11(15(18)17(9)2)6-10-7-13(20-4)14(21-5)8-12(10)19-3/h6-8H,1-5H3/b11-6+. The molecule has 21 heavy (non-hydrogen) atoms. The van der Waals surface area contributed by atoms with Gasteiger partial charge in [-0.15, -0.1) is 0 Å². The molecule has 0 fully saturated rings. The van der Waals surface area contributed by atoms with Crippen LogP contribution in [0, 0.1) is 0 Å². The van der Waals surface area contributed by atoms with Crippen molar-refractivity contribution in [3.63, 3.8) is 0 Å². The van der Waals surface area contributed by atoms with Crippen LogP contribution in [0.2, 0.25) is 0 Å². The lowest BCUT2D eigenvalue weighted by Crippen LogP contribution is -2.25. The van der Waals surface area contributed by atoms with Crippen molar-refractivity contribution in [2.75, 3.05) is 28.4 Å². The number of nitrogens with zero attached hydrogens (tertiary/aromatic N) is 2. The van der Waals surface area contributed by atoms with Gasteiger partial charge in [-0.05, 0) is 19.1 Å². The number of carbonyl (C=O) groups is 1. The van der Waals surface area contributed by atoms with Crippen LogP contribution >= 0.6 is 0 Å². The molecule has 0 aromatic heterocycles. The maximum absolute atomic E-state index is 12.0. The predicted octanol–water partition coefficient (Wildman–Crippen LogP) is 1.94. The van der Waals surface area contributed by atoms with Gasteiger partial charge in [0, 0.05) is 18.7 Å². The Labute approximate surface area is 123 Å². The Kier molecular flexibility index (Phi) is 4.16. The van der Waals surface area contributed by atoms with E-state index in [1.54, 1.807) is 53.5 Å². The van der Waals surface area contributed by atoms with Gasteiger partial charge in [-0.25, -0.2) is 4.99 Å². The van der Waals surface area contributed by atoms with Crippen molar-refractivity contribution in [3.8, 4) is 17.2 Å². The van der Waals surface area contributed by atoms with Crippen LogP contribution in [-0.4, -0.2) is 45.0 Å². The Hall–Kier alpha value is -2.50. The SMILES string of the molecule is COc1cc(OC)c(OC)cc1/C=C1/N=C(C)N(C)C1=O. The molecule has 6 nitrogen and oxygen atoms in total. The summed E-state index contributed by atoms with van der Waals surface area (Å²) in [6.45, 7) is 1.78. The molecule has 0 unspecified atom stereocenters. The van der Waals surface area contributed by atoms with Crippen LogP contribution < -0.4 is 14.2 Å². The topological polar surface area (TPSA) is 60.4 Å². The van der Waals surface area contributed by atoms with Gasteiger partial charge >= 0.3 is 0 Å². The van der Waals surface area contributed by atoms with Crippen LogP contribution in [0.25, 0.3) is 6.08 Å². The van der Waals surface area contributed by atoms with E-state index in [1.165, 1.54) is 4.90 Å². The van der Waals surface area contributed by atoms with Gasteiger partial charge in [0.15, 0.2) is 11.5 Å². The van der Waals surface area contributed by atoms with Crippen LogP contribution in [0.1, 0.15) is 12.5 Å². The second-order valence-corrected chi connectivity index (χ2v) is 4.50. The highest BCUT2D eigenvalue weighted by Crippen LogP contribution is 2.36. The van der Waals surface area contributed by atoms with Gasteiger partial charge in [-0.2, -0.15) is 0 Å². The normalized spacial score (nSPS) is 16.2. The summed E-state index contributed by atoms with van der Waals surface area (Å²) >= 11 is 0. The molecule has 1 aliphatic rings. The number of aliphatic imine (C=N–C) groups is 1. The smallest absolute Gasteiger partial charge is 0.277 e. The fourth-order valence-electron chi connectivity index (χ4n) is 2.02. The Bertz CT molecular complexity index is 635. The average Bonchev–Trinajstić information content (AvgIpc) is 2.74. The number of amides is 1. The largest absolute Gasteiger partial charge is 0.496 e. The van der Waals surface area contributed by atoms with Crippen molar-refractivity contribution >= 4 is 17.8 Å². The maximum atomic E-state index is 12.0. The van der Waals surface area contributed by atoms with Crippen molar-refractivity contribution < 1.29 is 19.0 Å². The predicted molar refractivity (Wildman–Crippen MR) is 80.0 cm³/mol. The van der Waals surface area contributed by atoms with Gasteiger partial charge in [0.25, 0.3) is 5.91 Å². The van der Waals surface area contributed by atoms with Crippen LogP contribution in [0.3, 0.4) is 0 Å². The molecule has 1 aliphatic heterocycles. The highest BCUT2D eigenvalue weighted by Gasteiger charge is 2.24. The minimum absolute atomic E-state index is 0.149. The Morgan fingerprint density at radius 3 is 2.10 bits per heavy atom. The van der Waals surface area contributed by atoms with Crippen molar-refractivity contribution in [1.82, 2.24) is 4.90 Å². The van der Waals surface area contributed by atoms with Crippen molar-refractivity contribution in [2.45, 2.75) is 6.92 Å². The number of amidine groups is 1. The second kappa shape index (κ2) is 5.87. The molecule has 2 rings (SSSR count). The second-order valence-electron chi connectivity index (χ2n) is 4.50. The summed E-state index contributed by atoms with van der Waals surface area (Å²) in [6, 6.07) is 3.46. The van der Waals surface area contributed by atoms with E-state index < -0.39 is 0 Å². The summed E-state index contributed by atoms with van der Waals surface area (Å²) < 4.78 is 15.8. The van der Waals surface area contributed by atoms with Gasteiger partial charge in [0.1, 0.15) is 17.3 Å². The van der Waals surface area contributed by atoms with E-state index in [0.29, 0.717) is 34.3 Å². The zero-order valence-corrected chi connectivity index (χ0v) is 12.8. The van der Waals surface area contributed by atoms with Gasteiger partial charge in [-0.1, -0.05) is 0 Å². The number of hydrogen-bond acceptors (Lipinski definition) is 5. The third-order valence-corrected chi connectivity index (χ3v) is 3.32. The van der Waals surface area contributed by atoms with E-state index in [1.807, 2.05) is 0 Å². The van der Waals surface area contributed by atoms with Gasteiger partial charge in [0.2, 0.25) is 0 Å². The monoisotopic (exact) mass is 290 g/mol. The molecule has 6 heteroatoms. The molecule has 0 atom stereocenters. The summed E-state index contributed by atoms with van der Waals surface area (Å²) in [5.74, 6) is 2.21. The zero-order valence-electron chi connectivity index (χ0n) is 12.8. The molecular weight excluding hydrogens is 272 g/mol. The lowest BCUT2D eigenvalue weighted by Gasteiger charge is -2.12. The first kappa shape index (κ1) is 14.9. The summed E-state index contributed by atoms with van der Waals surface area (Å²) in [6.07, 6.45) is 1.68. The fourth-order valence-corrected chi connectivity index (χ4v) is 2.02. The average molecular weight is 290 g/mol. The minimum Gasteiger partial charge on any atom is -0.496 e. The van der Waals surface area contributed by atoms with E-state index in [4.69, 9.17) is 14.2 Å². The molecule has 112 valence electrons. The van der Waals surface area contributed by atoms with Gasteiger partial charge in [0.05, 0.1) is 21.3 Å². The van der Waals surface area contributed by atoms with Crippen LogP contribution in [0.4, 0.5) is 0 Å². The van der Waals surface area contributed by atoms with Crippen molar-refractivity contribution in [1.29, 1.82) is 0 Å². The lowest BCUT2D eigenvalue weighted by atomic mass is 10.1. The summed E-state index contributed by atoms with van der Waals surface area (Å²) in [5, 5.41) is 0. The number of rotatable bonds is 4. The summed E-state index contributed by atoms with van der Waals surface area (Å²) in [5.41, 5.74) is 1.06. The van der Waals surface area contributed by atoms with Crippen LogP contribution in [0.5, 0.6) is 17.2 Å². The van der Waals surface area contributed by atoms with E-state index in [9.17, 15) is 4.79 Å². The Morgan fingerprint density at radius 2 is 1.62 bits per heavy atom. The number of benzene rings is 1. The maximum Gasteiger partial charge on any atom is 0.277 e. The van der Waals surface area contributed by atoms with Crippen LogP contribution in [0.15, 0.2) is 22.8 Å². The summed E-state index contributed by atoms with van der Waals surface area (Å²) in [4.78, 5) is 17.8. The molecule has 0 radical (unpaired) electrons. The molecule has 1 aromatic rings. The van der Waals surface area contributed by atoms with Gasteiger partial charge < -0.3 is 14.2 Å². The Morgan fingerprint density at radius 1 is 1.05 bits per heavy atom.